The number of hydrogen-bond donors (Lipinski definition) is 1. The summed E-state index contributed by atoms with van der Waals surface area (Å²) >= 11 is 14.8. The second-order valence-corrected chi connectivity index (χ2v) is 13.0. The molecular formula is C30H26Cl2N2O3S. The van der Waals surface area contributed by atoms with Crippen molar-refractivity contribution in [1.29, 1.82) is 0 Å². The van der Waals surface area contributed by atoms with E-state index in [0.29, 0.717) is 21.5 Å². The summed E-state index contributed by atoms with van der Waals surface area (Å²) in [5.41, 5.74) is 3.93. The topological polar surface area (TPSA) is 76.2 Å². The number of nitrogens with zero attached hydrogens (tertiary/aromatic N) is 2. The summed E-state index contributed by atoms with van der Waals surface area (Å²) in [4.78, 5) is 16.4. The lowest BCUT2D eigenvalue weighted by molar-refractivity contribution is 0.0697. The van der Waals surface area contributed by atoms with Crippen LogP contribution in [-0.2, 0) is 5.41 Å². The van der Waals surface area contributed by atoms with Gasteiger partial charge in [0.1, 0.15) is 11.5 Å². The molecule has 194 valence electrons. The number of aromatic nitrogens is 2. The monoisotopic (exact) mass is 564 g/mol. The fraction of sp³-hybridized carbons (Fsp3) is 0.367. The first-order valence-corrected chi connectivity index (χ1v) is 14.7. The smallest absolute Gasteiger partial charge is 0.335 e. The average molecular weight is 566 g/mol. The molecule has 1 N–H and O–H groups in total. The van der Waals surface area contributed by atoms with Gasteiger partial charge >= 0.3 is 5.97 Å². The predicted molar refractivity (Wildman–Crippen MR) is 151 cm³/mol. The van der Waals surface area contributed by atoms with Gasteiger partial charge in [-0.15, -0.1) is 11.3 Å². The van der Waals surface area contributed by atoms with Crippen molar-refractivity contribution in [3.8, 4) is 11.3 Å². The van der Waals surface area contributed by atoms with Gasteiger partial charge in [0.15, 0.2) is 0 Å². The molecular weight excluding hydrogens is 539 g/mol. The minimum absolute atomic E-state index is 0.0925. The number of hydrogen-bond acceptors (Lipinski definition) is 5. The van der Waals surface area contributed by atoms with Crippen LogP contribution in [0.15, 0.2) is 47.0 Å². The van der Waals surface area contributed by atoms with Crippen LogP contribution in [0.3, 0.4) is 0 Å². The van der Waals surface area contributed by atoms with Crippen molar-refractivity contribution in [2.24, 2.45) is 5.41 Å². The molecule has 8 rings (SSSR count). The number of aromatic carboxylic acids is 1. The van der Waals surface area contributed by atoms with E-state index >= 15 is 0 Å². The van der Waals surface area contributed by atoms with E-state index in [2.05, 4.69) is 17.3 Å². The number of fused-ring (bicyclic) bond motifs is 4. The SMILES string of the molecule is O=C(O)c1ccc2nc(C34CCC(C=Cc5c(-c6c(Cl)cccc6Cl)noc5C5CC5)(CC3)CC4)sc2c1. The Bertz CT molecular complexity index is 1570. The lowest BCUT2D eigenvalue weighted by atomic mass is 9.54. The van der Waals surface area contributed by atoms with Gasteiger partial charge in [0.25, 0.3) is 0 Å². The van der Waals surface area contributed by atoms with Crippen LogP contribution in [0.2, 0.25) is 10.0 Å². The van der Waals surface area contributed by atoms with Crippen molar-refractivity contribution in [2.45, 2.75) is 62.7 Å². The Morgan fingerprint density at radius 2 is 1.76 bits per heavy atom. The summed E-state index contributed by atoms with van der Waals surface area (Å²) in [5.74, 6) is 0.463. The van der Waals surface area contributed by atoms with E-state index in [9.17, 15) is 9.90 Å². The van der Waals surface area contributed by atoms with Crippen molar-refractivity contribution in [3.63, 3.8) is 0 Å². The lowest BCUT2D eigenvalue weighted by Crippen LogP contribution is -2.43. The highest BCUT2D eigenvalue weighted by Crippen LogP contribution is 2.59. The van der Waals surface area contributed by atoms with Gasteiger partial charge in [0, 0.05) is 22.5 Å². The molecule has 0 unspecified atom stereocenters. The van der Waals surface area contributed by atoms with E-state index < -0.39 is 5.97 Å². The number of carboxylic acid groups (broad SMARTS) is 1. The van der Waals surface area contributed by atoms with Crippen molar-refractivity contribution >= 4 is 56.8 Å². The molecule has 0 aliphatic heterocycles. The molecule has 4 saturated carbocycles. The number of benzene rings is 2. The van der Waals surface area contributed by atoms with Gasteiger partial charge in [-0.25, -0.2) is 9.78 Å². The van der Waals surface area contributed by atoms with Crippen LogP contribution in [0, 0.1) is 5.41 Å². The van der Waals surface area contributed by atoms with Crippen molar-refractivity contribution in [3.05, 3.63) is 74.4 Å². The summed E-state index contributed by atoms with van der Waals surface area (Å²) in [6.07, 6.45) is 13.4. The maximum atomic E-state index is 11.4. The molecule has 4 fully saturated rings. The zero-order valence-electron chi connectivity index (χ0n) is 20.7. The van der Waals surface area contributed by atoms with Crippen molar-refractivity contribution < 1.29 is 14.4 Å². The Hall–Kier alpha value is -2.67. The Morgan fingerprint density at radius 3 is 2.42 bits per heavy atom. The Kier molecular flexibility index (Phi) is 5.73. The third-order valence-corrected chi connectivity index (χ3v) is 10.8. The molecule has 2 bridgehead atoms. The number of carbonyl (C=O) groups is 1. The number of allylic oxidation sites excluding steroid dienone is 1. The molecule has 5 nitrogen and oxygen atoms in total. The molecule has 2 aromatic heterocycles. The fourth-order valence-electron chi connectivity index (χ4n) is 6.35. The van der Waals surface area contributed by atoms with Crippen molar-refractivity contribution in [2.75, 3.05) is 0 Å². The van der Waals surface area contributed by atoms with Gasteiger partial charge < -0.3 is 9.63 Å². The molecule has 0 atom stereocenters. The summed E-state index contributed by atoms with van der Waals surface area (Å²) < 4.78 is 6.82. The molecule has 0 spiro atoms. The molecule has 4 aromatic rings. The standard InChI is InChI=1S/C30H26Cl2N2O3S/c31-20-2-1-3-21(32)24(20)25-19(26(37-34-25)17-4-5-17)8-9-29-10-13-30(14-11-29,15-12-29)28-33-22-7-6-18(27(35)36)16-23(22)38-28/h1-3,6-9,16-17H,4-5,10-15H2,(H,35,36). The van der Waals surface area contributed by atoms with Gasteiger partial charge in [-0.1, -0.05) is 46.6 Å². The van der Waals surface area contributed by atoms with Gasteiger partial charge in [0.05, 0.1) is 30.8 Å². The first-order chi connectivity index (χ1) is 18.4. The molecule has 2 heterocycles. The number of rotatable bonds is 6. The van der Waals surface area contributed by atoms with Gasteiger partial charge in [-0.2, -0.15) is 0 Å². The summed E-state index contributed by atoms with van der Waals surface area (Å²) in [5, 5.41) is 16.1. The van der Waals surface area contributed by atoms with Crippen LogP contribution >= 0.6 is 34.5 Å². The Morgan fingerprint density at radius 1 is 1.05 bits per heavy atom. The highest BCUT2D eigenvalue weighted by atomic mass is 35.5. The van der Waals surface area contributed by atoms with Crippen LogP contribution in [0.25, 0.3) is 27.6 Å². The van der Waals surface area contributed by atoms with Gasteiger partial charge in [0.2, 0.25) is 0 Å². The summed E-state index contributed by atoms with van der Waals surface area (Å²) in [6.45, 7) is 0. The molecule has 38 heavy (non-hydrogen) atoms. The van der Waals surface area contributed by atoms with E-state index in [4.69, 9.17) is 32.7 Å². The maximum absolute atomic E-state index is 11.4. The van der Waals surface area contributed by atoms with E-state index in [1.165, 1.54) is 0 Å². The molecule has 8 heteroatoms. The molecule has 0 radical (unpaired) electrons. The number of carboxylic acids is 1. The van der Waals surface area contributed by atoms with Crippen LogP contribution in [0.1, 0.15) is 84.0 Å². The fourth-order valence-corrected chi connectivity index (χ4v) is 8.20. The molecule has 0 amide bonds. The van der Waals surface area contributed by atoms with Gasteiger partial charge in [-0.3, -0.25) is 0 Å². The quantitative estimate of drug-likeness (QED) is 0.252. The molecule has 4 aliphatic carbocycles. The average Bonchev–Trinajstić information content (AvgIpc) is 3.53. The minimum atomic E-state index is -0.899. The minimum Gasteiger partial charge on any atom is -0.478 e. The summed E-state index contributed by atoms with van der Waals surface area (Å²) in [6, 6.07) is 10.8. The second kappa shape index (κ2) is 8.94. The normalized spacial score (nSPS) is 25.0. The zero-order valence-corrected chi connectivity index (χ0v) is 23.0. The third kappa shape index (κ3) is 4.00. The van der Waals surface area contributed by atoms with Crippen LogP contribution in [0.5, 0.6) is 0 Å². The summed E-state index contributed by atoms with van der Waals surface area (Å²) in [7, 11) is 0. The number of halogens is 2. The number of thiazole rings is 1. The molecule has 4 aliphatic rings. The zero-order chi connectivity index (χ0) is 26.1. The molecule has 0 saturated heterocycles. The van der Waals surface area contributed by atoms with E-state index in [0.717, 1.165) is 89.2 Å². The lowest BCUT2D eigenvalue weighted by Gasteiger charge is -2.51. The molecule has 2 aromatic carbocycles. The Labute approximate surface area is 234 Å². The Balaban J connectivity index is 1.17. The van der Waals surface area contributed by atoms with Crippen molar-refractivity contribution in [1.82, 2.24) is 10.1 Å². The largest absolute Gasteiger partial charge is 0.478 e. The third-order valence-electron chi connectivity index (χ3n) is 8.90. The van der Waals surface area contributed by atoms with Crippen LogP contribution < -0.4 is 0 Å². The predicted octanol–water partition coefficient (Wildman–Crippen LogP) is 9.14. The van der Waals surface area contributed by atoms with E-state index in [-0.39, 0.29) is 10.8 Å². The first kappa shape index (κ1) is 24.4. The highest BCUT2D eigenvalue weighted by Gasteiger charge is 2.49. The van der Waals surface area contributed by atoms with Crippen LogP contribution in [0.4, 0.5) is 0 Å². The van der Waals surface area contributed by atoms with Crippen LogP contribution in [-0.4, -0.2) is 21.2 Å². The van der Waals surface area contributed by atoms with Gasteiger partial charge in [-0.05, 0) is 87.1 Å². The van der Waals surface area contributed by atoms with E-state index in [1.807, 2.05) is 24.3 Å². The maximum Gasteiger partial charge on any atom is 0.335 e. The second-order valence-electron chi connectivity index (χ2n) is 11.2. The first-order valence-electron chi connectivity index (χ1n) is 13.1. The van der Waals surface area contributed by atoms with E-state index in [1.54, 1.807) is 23.5 Å². The highest BCUT2D eigenvalue weighted by molar-refractivity contribution is 7.18.